The molecule has 0 aromatic heterocycles. The highest BCUT2D eigenvalue weighted by molar-refractivity contribution is 5.19. The number of rotatable bonds is 5. The largest absolute Gasteiger partial charge is 0.330 e. The van der Waals surface area contributed by atoms with E-state index in [9.17, 15) is 8.78 Å². The van der Waals surface area contributed by atoms with E-state index in [4.69, 9.17) is 5.73 Å². The first kappa shape index (κ1) is 12.1. The van der Waals surface area contributed by atoms with Crippen molar-refractivity contribution in [3.05, 3.63) is 35.4 Å². The average Bonchev–Trinajstić information content (AvgIpc) is 2.24. The van der Waals surface area contributed by atoms with Crippen LogP contribution in [0.3, 0.4) is 0 Å². The fraction of sp³-hybridized carbons (Fsp3) is 0.500. The maximum atomic E-state index is 13.3. The molecule has 0 amide bonds. The Morgan fingerprint density at radius 3 is 2.67 bits per heavy atom. The molecule has 0 aliphatic heterocycles. The Labute approximate surface area is 89.3 Å². The Balaban J connectivity index is 2.74. The highest BCUT2D eigenvalue weighted by Crippen LogP contribution is 2.17. The summed E-state index contributed by atoms with van der Waals surface area (Å²) in [6.45, 7) is 2.58. The van der Waals surface area contributed by atoms with Crippen molar-refractivity contribution in [2.75, 3.05) is 6.54 Å². The van der Waals surface area contributed by atoms with E-state index < -0.39 is 11.6 Å². The first-order valence-electron chi connectivity index (χ1n) is 5.32. The van der Waals surface area contributed by atoms with E-state index >= 15 is 0 Å². The molecule has 0 saturated heterocycles. The van der Waals surface area contributed by atoms with E-state index in [0.717, 1.165) is 18.9 Å². The van der Waals surface area contributed by atoms with Crippen LogP contribution in [0.4, 0.5) is 8.78 Å². The highest BCUT2D eigenvalue weighted by Gasteiger charge is 2.12. The molecule has 84 valence electrons. The summed E-state index contributed by atoms with van der Waals surface area (Å²) < 4.78 is 26.2. The van der Waals surface area contributed by atoms with Crippen molar-refractivity contribution >= 4 is 0 Å². The van der Waals surface area contributed by atoms with Gasteiger partial charge in [0.25, 0.3) is 0 Å². The monoisotopic (exact) mass is 213 g/mol. The van der Waals surface area contributed by atoms with Crippen LogP contribution >= 0.6 is 0 Å². The van der Waals surface area contributed by atoms with E-state index in [1.54, 1.807) is 6.07 Å². The normalized spacial score (nSPS) is 12.8. The first-order valence-corrected chi connectivity index (χ1v) is 5.32. The molecule has 1 atom stereocenters. The highest BCUT2D eigenvalue weighted by atomic mass is 19.2. The third-order valence-electron chi connectivity index (χ3n) is 2.57. The Morgan fingerprint density at radius 2 is 2.07 bits per heavy atom. The number of halogens is 2. The van der Waals surface area contributed by atoms with Gasteiger partial charge in [-0.3, -0.25) is 0 Å². The molecule has 0 fully saturated rings. The molecule has 0 aliphatic carbocycles. The van der Waals surface area contributed by atoms with Gasteiger partial charge >= 0.3 is 0 Å². The van der Waals surface area contributed by atoms with Gasteiger partial charge in [-0.25, -0.2) is 8.78 Å². The molecule has 1 nitrogen and oxygen atoms in total. The van der Waals surface area contributed by atoms with Gasteiger partial charge in [0.2, 0.25) is 0 Å². The minimum atomic E-state index is -0.778. The second-order valence-corrected chi connectivity index (χ2v) is 3.81. The molecular weight excluding hydrogens is 196 g/mol. The van der Waals surface area contributed by atoms with Gasteiger partial charge in [0.1, 0.15) is 0 Å². The second-order valence-electron chi connectivity index (χ2n) is 3.81. The molecule has 1 aromatic carbocycles. The maximum absolute atomic E-state index is 13.3. The van der Waals surface area contributed by atoms with Crippen LogP contribution in [-0.4, -0.2) is 6.54 Å². The van der Waals surface area contributed by atoms with Gasteiger partial charge in [0.05, 0.1) is 0 Å². The Kier molecular flexibility index (Phi) is 4.69. The van der Waals surface area contributed by atoms with E-state index in [2.05, 4.69) is 6.92 Å². The lowest BCUT2D eigenvalue weighted by atomic mass is 9.95. The van der Waals surface area contributed by atoms with Crippen molar-refractivity contribution in [1.82, 2.24) is 0 Å². The van der Waals surface area contributed by atoms with Crippen molar-refractivity contribution in [3.63, 3.8) is 0 Å². The zero-order chi connectivity index (χ0) is 11.3. The smallest absolute Gasteiger partial charge is 0.162 e. The summed E-state index contributed by atoms with van der Waals surface area (Å²) in [6, 6.07) is 4.29. The van der Waals surface area contributed by atoms with Gasteiger partial charge in [-0.1, -0.05) is 25.5 Å². The molecule has 15 heavy (non-hydrogen) atoms. The molecule has 1 aromatic rings. The van der Waals surface area contributed by atoms with Crippen molar-refractivity contribution in [2.24, 2.45) is 11.7 Å². The van der Waals surface area contributed by atoms with Crippen LogP contribution in [0, 0.1) is 17.6 Å². The number of hydrogen-bond acceptors (Lipinski definition) is 1. The fourth-order valence-electron chi connectivity index (χ4n) is 1.73. The summed E-state index contributed by atoms with van der Waals surface area (Å²) in [5.74, 6) is -1.27. The molecule has 0 saturated carbocycles. The van der Waals surface area contributed by atoms with Crippen molar-refractivity contribution in [2.45, 2.75) is 26.2 Å². The lowest BCUT2D eigenvalue weighted by molar-refractivity contribution is 0.455. The third kappa shape index (κ3) is 3.27. The van der Waals surface area contributed by atoms with Crippen LogP contribution in [0.1, 0.15) is 25.3 Å². The van der Waals surface area contributed by atoms with Crippen molar-refractivity contribution in [1.29, 1.82) is 0 Å². The molecule has 2 N–H and O–H groups in total. The van der Waals surface area contributed by atoms with E-state index in [1.807, 2.05) is 0 Å². The van der Waals surface area contributed by atoms with Crippen molar-refractivity contribution < 1.29 is 8.78 Å². The number of hydrogen-bond donors (Lipinski definition) is 1. The lowest BCUT2D eigenvalue weighted by Gasteiger charge is -2.14. The lowest BCUT2D eigenvalue weighted by Crippen LogP contribution is -2.17. The summed E-state index contributed by atoms with van der Waals surface area (Å²) in [4.78, 5) is 0. The van der Waals surface area contributed by atoms with Gasteiger partial charge < -0.3 is 5.73 Å². The first-order chi connectivity index (χ1) is 7.19. The van der Waals surface area contributed by atoms with Crippen molar-refractivity contribution in [3.8, 4) is 0 Å². The topological polar surface area (TPSA) is 26.0 Å². The minimum Gasteiger partial charge on any atom is -0.330 e. The molecule has 0 bridgehead atoms. The van der Waals surface area contributed by atoms with Crippen LogP contribution in [0.15, 0.2) is 18.2 Å². The summed E-state index contributed by atoms with van der Waals surface area (Å²) >= 11 is 0. The molecule has 3 heteroatoms. The predicted molar refractivity (Wildman–Crippen MR) is 57.5 cm³/mol. The zero-order valence-electron chi connectivity index (χ0n) is 8.97. The Morgan fingerprint density at radius 1 is 1.33 bits per heavy atom. The Bertz CT molecular complexity index is 312. The molecule has 0 spiro atoms. The molecule has 1 unspecified atom stereocenters. The van der Waals surface area contributed by atoms with Crippen LogP contribution in [-0.2, 0) is 6.42 Å². The molecule has 0 heterocycles. The second kappa shape index (κ2) is 5.81. The van der Waals surface area contributed by atoms with Crippen LogP contribution in [0.2, 0.25) is 0 Å². The summed E-state index contributed by atoms with van der Waals surface area (Å²) in [5, 5.41) is 0. The number of nitrogens with two attached hydrogens (primary N) is 1. The summed E-state index contributed by atoms with van der Waals surface area (Å²) in [7, 11) is 0. The van der Waals surface area contributed by atoms with Gasteiger partial charge in [-0.2, -0.15) is 0 Å². The predicted octanol–water partition coefficient (Wildman–Crippen LogP) is 2.88. The van der Waals surface area contributed by atoms with E-state index in [0.29, 0.717) is 18.5 Å². The fourth-order valence-corrected chi connectivity index (χ4v) is 1.73. The Hall–Kier alpha value is -0.960. The van der Waals surface area contributed by atoms with E-state index in [1.165, 1.54) is 6.07 Å². The maximum Gasteiger partial charge on any atom is 0.162 e. The third-order valence-corrected chi connectivity index (χ3v) is 2.57. The average molecular weight is 213 g/mol. The SMILES string of the molecule is CCCC(CN)Cc1cccc(F)c1F. The molecule has 0 radical (unpaired) electrons. The van der Waals surface area contributed by atoms with Gasteiger partial charge in [-0.05, 0) is 36.9 Å². The van der Waals surface area contributed by atoms with Gasteiger partial charge in [0.15, 0.2) is 11.6 Å². The number of benzene rings is 1. The van der Waals surface area contributed by atoms with Crippen LogP contribution in [0.25, 0.3) is 0 Å². The summed E-state index contributed by atoms with van der Waals surface area (Å²) in [5.41, 5.74) is 6.01. The van der Waals surface area contributed by atoms with E-state index in [-0.39, 0.29) is 5.92 Å². The molecule has 1 rings (SSSR count). The standard InChI is InChI=1S/C12H17F2N/c1-2-4-9(8-15)7-10-5-3-6-11(13)12(10)14/h3,5-6,9H,2,4,7-8,15H2,1H3. The van der Waals surface area contributed by atoms with Crippen LogP contribution in [0.5, 0.6) is 0 Å². The summed E-state index contributed by atoms with van der Waals surface area (Å²) in [6.07, 6.45) is 2.49. The van der Waals surface area contributed by atoms with Crippen LogP contribution < -0.4 is 5.73 Å². The van der Waals surface area contributed by atoms with Gasteiger partial charge in [0, 0.05) is 0 Å². The zero-order valence-corrected chi connectivity index (χ0v) is 8.97. The minimum absolute atomic E-state index is 0.242. The molecular formula is C12H17F2N. The van der Waals surface area contributed by atoms with Gasteiger partial charge in [-0.15, -0.1) is 0 Å². The quantitative estimate of drug-likeness (QED) is 0.799. The molecule has 0 aliphatic rings.